The van der Waals surface area contributed by atoms with Crippen LogP contribution in [0.25, 0.3) is 16.6 Å². The SMILES string of the molecule is Cc1nc2c3ccccc3nc(NCc3cccc(C(F)(F)F)c3)n2n1. The van der Waals surface area contributed by atoms with Crippen molar-refractivity contribution in [3.63, 3.8) is 0 Å². The van der Waals surface area contributed by atoms with Gasteiger partial charge in [-0.3, -0.25) is 0 Å². The van der Waals surface area contributed by atoms with Gasteiger partial charge in [0.15, 0.2) is 5.65 Å². The van der Waals surface area contributed by atoms with Gasteiger partial charge in [0, 0.05) is 11.9 Å². The molecule has 5 nitrogen and oxygen atoms in total. The van der Waals surface area contributed by atoms with Crippen LogP contribution in [0.15, 0.2) is 48.5 Å². The van der Waals surface area contributed by atoms with E-state index in [4.69, 9.17) is 0 Å². The minimum Gasteiger partial charge on any atom is -0.350 e. The molecule has 0 fully saturated rings. The second-order valence-corrected chi connectivity index (χ2v) is 5.90. The quantitative estimate of drug-likeness (QED) is 0.597. The third kappa shape index (κ3) is 2.94. The first kappa shape index (κ1) is 16.3. The average molecular weight is 357 g/mol. The molecule has 4 aromatic rings. The number of hydrogen-bond acceptors (Lipinski definition) is 4. The minimum atomic E-state index is -4.37. The zero-order valence-corrected chi connectivity index (χ0v) is 13.7. The van der Waals surface area contributed by atoms with Crippen LogP contribution in [0.1, 0.15) is 17.0 Å². The van der Waals surface area contributed by atoms with Gasteiger partial charge in [-0.25, -0.2) is 9.97 Å². The molecule has 26 heavy (non-hydrogen) atoms. The summed E-state index contributed by atoms with van der Waals surface area (Å²) < 4.78 is 40.2. The Morgan fingerprint density at radius 3 is 2.65 bits per heavy atom. The molecule has 0 saturated heterocycles. The highest BCUT2D eigenvalue weighted by atomic mass is 19.4. The minimum absolute atomic E-state index is 0.184. The highest BCUT2D eigenvalue weighted by Crippen LogP contribution is 2.29. The number of aromatic nitrogens is 4. The molecule has 2 aromatic carbocycles. The highest BCUT2D eigenvalue weighted by molar-refractivity contribution is 5.92. The molecule has 0 amide bonds. The van der Waals surface area contributed by atoms with Crippen LogP contribution in [0.2, 0.25) is 0 Å². The van der Waals surface area contributed by atoms with Crippen LogP contribution in [0, 0.1) is 6.92 Å². The molecule has 0 unspecified atom stereocenters. The van der Waals surface area contributed by atoms with Crippen LogP contribution in [-0.4, -0.2) is 19.6 Å². The molecule has 0 atom stereocenters. The van der Waals surface area contributed by atoms with Crippen LogP contribution >= 0.6 is 0 Å². The number of nitrogens with one attached hydrogen (secondary N) is 1. The number of fused-ring (bicyclic) bond motifs is 3. The maximum Gasteiger partial charge on any atom is 0.416 e. The summed E-state index contributed by atoms with van der Waals surface area (Å²) >= 11 is 0. The third-order valence-corrected chi connectivity index (χ3v) is 3.99. The molecule has 0 radical (unpaired) electrons. The summed E-state index contributed by atoms with van der Waals surface area (Å²) in [6.07, 6.45) is -4.37. The van der Waals surface area contributed by atoms with Crippen molar-refractivity contribution in [3.05, 3.63) is 65.5 Å². The van der Waals surface area contributed by atoms with Gasteiger partial charge in [0.2, 0.25) is 5.95 Å². The number of aryl methyl sites for hydroxylation is 1. The fraction of sp³-hybridized carbons (Fsp3) is 0.167. The molecule has 2 aromatic heterocycles. The largest absolute Gasteiger partial charge is 0.416 e. The van der Waals surface area contributed by atoms with Gasteiger partial charge in [-0.05, 0) is 36.8 Å². The molecule has 8 heteroatoms. The van der Waals surface area contributed by atoms with Crippen molar-refractivity contribution in [2.45, 2.75) is 19.6 Å². The second-order valence-electron chi connectivity index (χ2n) is 5.90. The van der Waals surface area contributed by atoms with E-state index in [1.165, 1.54) is 6.07 Å². The van der Waals surface area contributed by atoms with Crippen molar-refractivity contribution in [3.8, 4) is 0 Å². The number of halogens is 3. The summed E-state index contributed by atoms with van der Waals surface area (Å²) in [6.45, 7) is 1.96. The molecule has 0 spiro atoms. The standard InChI is InChI=1S/C18H14F3N5/c1-11-23-16-14-7-2-3-8-15(14)24-17(26(16)25-11)22-10-12-5-4-6-13(9-12)18(19,20)21/h2-9H,10H2,1H3,(H,22,24). The first-order valence-corrected chi connectivity index (χ1v) is 7.94. The number of nitrogens with zero attached hydrogens (tertiary/aromatic N) is 4. The molecule has 1 N–H and O–H groups in total. The molecule has 0 aliphatic carbocycles. The van der Waals surface area contributed by atoms with E-state index in [9.17, 15) is 13.2 Å². The third-order valence-electron chi connectivity index (χ3n) is 3.99. The molecule has 0 bridgehead atoms. The zero-order chi connectivity index (χ0) is 18.3. The highest BCUT2D eigenvalue weighted by Gasteiger charge is 2.30. The van der Waals surface area contributed by atoms with E-state index in [1.54, 1.807) is 17.5 Å². The second kappa shape index (κ2) is 5.98. The Bertz CT molecular complexity index is 1100. The molecule has 0 aliphatic rings. The number of alkyl halides is 3. The van der Waals surface area contributed by atoms with Crippen molar-refractivity contribution in [2.75, 3.05) is 5.32 Å². The summed E-state index contributed by atoms with van der Waals surface area (Å²) in [5.74, 6) is 1.02. The van der Waals surface area contributed by atoms with Gasteiger partial charge in [0.1, 0.15) is 5.82 Å². The van der Waals surface area contributed by atoms with Crippen LogP contribution < -0.4 is 5.32 Å². The van der Waals surface area contributed by atoms with Crippen molar-refractivity contribution < 1.29 is 13.2 Å². The van der Waals surface area contributed by atoms with Crippen molar-refractivity contribution in [1.29, 1.82) is 0 Å². The smallest absolute Gasteiger partial charge is 0.350 e. The number of hydrogen-bond donors (Lipinski definition) is 1. The molecule has 2 heterocycles. The maximum atomic E-state index is 12.9. The summed E-state index contributed by atoms with van der Waals surface area (Å²) in [6, 6.07) is 12.7. The van der Waals surface area contributed by atoms with Gasteiger partial charge >= 0.3 is 6.18 Å². The Hall–Kier alpha value is -3.16. The van der Waals surface area contributed by atoms with Gasteiger partial charge in [-0.2, -0.15) is 17.7 Å². The van der Waals surface area contributed by atoms with Gasteiger partial charge in [-0.15, -0.1) is 5.10 Å². The summed E-state index contributed by atoms with van der Waals surface area (Å²) in [4.78, 5) is 8.96. The van der Waals surface area contributed by atoms with Crippen molar-refractivity contribution >= 4 is 22.5 Å². The zero-order valence-electron chi connectivity index (χ0n) is 13.7. The van der Waals surface area contributed by atoms with Crippen molar-refractivity contribution in [2.24, 2.45) is 0 Å². The Morgan fingerprint density at radius 1 is 1.04 bits per heavy atom. The van der Waals surface area contributed by atoms with Gasteiger partial charge in [0.05, 0.1) is 11.1 Å². The van der Waals surface area contributed by atoms with Gasteiger partial charge in [-0.1, -0.05) is 24.3 Å². The number of benzene rings is 2. The fourth-order valence-electron chi connectivity index (χ4n) is 2.81. The molecule has 132 valence electrons. The van der Waals surface area contributed by atoms with Crippen LogP contribution in [0.3, 0.4) is 0 Å². The number of rotatable bonds is 3. The molecule has 0 aliphatic heterocycles. The predicted octanol–water partition coefficient (Wildman–Crippen LogP) is 4.22. The van der Waals surface area contributed by atoms with E-state index in [0.29, 0.717) is 23.0 Å². The van der Waals surface area contributed by atoms with E-state index in [-0.39, 0.29) is 6.54 Å². The molecular weight excluding hydrogens is 343 g/mol. The lowest BCUT2D eigenvalue weighted by Crippen LogP contribution is -2.10. The predicted molar refractivity (Wildman–Crippen MR) is 91.8 cm³/mol. The van der Waals surface area contributed by atoms with E-state index in [2.05, 4.69) is 20.4 Å². The summed E-state index contributed by atoms with van der Waals surface area (Å²) in [7, 11) is 0. The van der Waals surface area contributed by atoms with Gasteiger partial charge in [0.25, 0.3) is 0 Å². The van der Waals surface area contributed by atoms with Crippen LogP contribution in [0.4, 0.5) is 19.1 Å². The van der Waals surface area contributed by atoms with Gasteiger partial charge < -0.3 is 5.32 Å². The topological polar surface area (TPSA) is 55.1 Å². The summed E-state index contributed by atoms with van der Waals surface area (Å²) in [5, 5.41) is 8.26. The number of para-hydroxylation sites is 1. The van der Waals surface area contributed by atoms with E-state index < -0.39 is 11.7 Å². The fourth-order valence-corrected chi connectivity index (χ4v) is 2.81. The lowest BCUT2D eigenvalue weighted by molar-refractivity contribution is -0.137. The Morgan fingerprint density at radius 2 is 1.85 bits per heavy atom. The lowest BCUT2D eigenvalue weighted by atomic mass is 10.1. The number of anilines is 1. The van der Waals surface area contributed by atoms with E-state index in [0.717, 1.165) is 23.0 Å². The van der Waals surface area contributed by atoms with Crippen molar-refractivity contribution in [1.82, 2.24) is 19.6 Å². The normalized spacial score (nSPS) is 12.0. The molecule has 4 rings (SSSR count). The van der Waals surface area contributed by atoms with E-state index in [1.807, 2.05) is 24.3 Å². The first-order valence-electron chi connectivity index (χ1n) is 7.94. The monoisotopic (exact) mass is 357 g/mol. The Labute approximate surface area is 146 Å². The van der Waals surface area contributed by atoms with Crippen LogP contribution in [0.5, 0.6) is 0 Å². The van der Waals surface area contributed by atoms with E-state index >= 15 is 0 Å². The maximum absolute atomic E-state index is 12.9. The molecular formula is C18H14F3N5. The first-order chi connectivity index (χ1) is 12.4. The summed E-state index contributed by atoms with van der Waals surface area (Å²) in [5.41, 5.74) is 1.21. The lowest BCUT2D eigenvalue weighted by Gasteiger charge is -2.11. The molecule has 0 saturated carbocycles. The Balaban J connectivity index is 1.71. The average Bonchev–Trinajstić information content (AvgIpc) is 3.01. The van der Waals surface area contributed by atoms with Crippen LogP contribution in [-0.2, 0) is 12.7 Å². The Kier molecular flexibility index (Phi) is 3.75.